The van der Waals surface area contributed by atoms with Gasteiger partial charge in [-0.2, -0.15) is 13.2 Å². The fourth-order valence-corrected chi connectivity index (χ4v) is 3.54. The molecule has 0 aliphatic heterocycles. The molecular formula is C17H21ClF3NO. The summed E-state index contributed by atoms with van der Waals surface area (Å²) >= 11 is 5.91. The lowest BCUT2D eigenvalue weighted by Crippen LogP contribution is -2.30. The second kappa shape index (κ2) is 6.71. The number of nitrogens with one attached hydrogen (secondary N) is 1. The summed E-state index contributed by atoms with van der Waals surface area (Å²) in [6.45, 7) is 4.19. The van der Waals surface area contributed by atoms with Gasteiger partial charge in [0, 0.05) is 6.04 Å². The van der Waals surface area contributed by atoms with Crippen LogP contribution in [0.5, 0.6) is 0 Å². The van der Waals surface area contributed by atoms with Crippen molar-refractivity contribution in [3.8, 4) is 0 Å². The average Bonchev–Trinajstić information content (AvgIpc) is 3.10. The van der Waals surface area contributed by atoms with E-state index in [0.717, 1.165) is 50.3 Å². The van der Waals surface area contributed by atoms with Gasteiger partial charge >= 0.3 is 6.18 Å². The molecule has 0 bridgehead atoms. The molecule has 1 saturated carbocycles. The van der Waals surface area contributed by atoms with Crippen LogP contribution in [0.1, 0.15) is 61.9 Å². The van der Waals surface area contributed by atoms with Crippen molar-refractivity contribution in [3.63, 3.8) is 0 Å². The summed E-state index contributed by atoms with van der Waals surface area (Å²) in [5.41, 5.74) is -0.876. The number of halogens is 4. The number of benzene rings is 1. The maximum absolute atomic E-state index is 12.8. The Labute approximate surface area is 139 Å². The van der Waals surface area contributed by atoms with E-state index in [-0.39, 0.29) is 22.0 Å². The van der Waals surface area contributed by atoms with E-state index in [1.165, 1.54) is 0 Å². The van der Waals surface area contributed by atoms with Crippen LogP contribution in [0.4, 0.5) is 13.2 Å². The molecule has 1 aromatic carbocycles. The van der Waals surface area contributed by atoms with Crippen LogP contribution in [0.2, 0.25) is 5.02 Å². The monoisotopic (exact) mass is 347 g/mol. The van der Waals surface area contributed by atoms with Crippen molar-refractivity contribution >= 4 is 17.5 Å². The molecule has 1 aliphatic rings. The quantitative estimate of drug-likeness (QED) is 0.728. The number of rotatable bonds is 6. The SMILES string of the molecule is CCCC1(CCC)CC1NC(=O)c1cc(C(F)(F)F)ccc1Cl. The molecule has 1 aliphatic carbocycles. The van der Waals surface area contributed by atoms with Gasteiger partial charge in [0.1, 0.15) is 0 Å². The van der Waals surface area contributed by atoms with Crippen molar-refractivity contribution in [1.82, 2.24) is 5.32 Å². The predicted molar refractivity (Wildman–Crippen MR) is 84.6 cm³/mol. The Morgan fingerprint density at radius 2 is 1.91 bits per heavy atom. The maximum atomic E-state index is 12.8. The summed E-state index contributed by atoms with van der Waals surface area (Å²) in [7, 11) is 0. The Morgan fingerprint density at radius 1 is 1.30 bits per heavy atom. The Kier molecular flexibility index (Phi) is 5.29. The van der Waals surface area contributed by atoms with Crippen LogP contribution < -0.4 is 5.32 Å². The maximum Gasteiger partial charge on any atom is 0.416 e. The Hall–Kier alpha value is -1.23. The smallest absolute Gasteiger partial charge is 0.349 e. The second-order valence-electron chi connectivity index (χ2n) is 6.28. The normalized spacial score (nSPS) is 19.5. The van der Waals surface area contributed by atoms with Gasteiger partial charge in [0.15, 0.2) is 0 Å². The summed E-state index contributed by atoms with van der Waals surface area (Å²) in [5.74, 6) is -0.528. The molecule has 6 heteroatoms. The first-order valence-corrected chi connectivity index (χ1v) is 8.29. The first-order valence-electron chi connectivity index (χ1n) is 7.91. The molecule has 0 aromatic heterocycles. The van der Waals surface area contributed by atoms with E-state index in [1.807, 2.05) is 0 Å². The highest BCUT2D eigenvalue weighted by Gasteiger charge is 2.53. The highest BCUT2D eigenvalue weighted by Crippen LogP contribution is 2.53. The zero-order valence-corrected chi connectivity index (χ0v) is 14.0. The van der Waals surface area contributed by atoms with E-state index in [0.29, 0.717) is 0 Å². The van der Waals surface area contributed by atoms with E-state index in [1.54, 1.807) is 0 Å². The van der Waals surface area contributed by atoms with Crippen LogP contribution in [0.25, 0.3) is 0 Å². The topological polar surface area (TPSA) is 29.1 Å². The van der Waals surface area contributed by atoms with Gasteiger partial charge < -0.3 is 5.32 Å². The molecule has 0 heterocycles. The molecule has 2 rings (SSSR count). The van der Waals surface area contributed by atoms with Gasteiger partial charge in [-0.1, -0.05) is 38.3 Å². The van der Waals surface area contributed by atoms with Gasteiger partial charge in [-0.3, -0.25) is 4.79 Å². The lowest BCUT2D eigenvalue weighted by atomic mass is 9.94. The summed E-state index contributed by atoms with van der Waals surface area (Å²) in [4.78, 5) is 12.3. The summed E-state index contributed by atoms with van der Waals surface area (Å²) in [6.07, 6.45) is 0.474. The molecule has 0 spiro atoms. The molecule has 0 radical (unpaired) electrons. The fourth-order valence-electron chi connectivity index (χ4n) is 3.34. The van der Waals surface area contributed by atoms with E-state index in [9.17, 15) is 18.0 Å². The van der Waals surface area contributed by atoms with Gasteiger partial charge in [0.25, 0.3) is 5.91 Å². The molecule has 1 unspecified atom stereocenters. The van der Waals surface area contributed by atoms with Crippen LogP contribution in [0.15, 0.2) is 18.2 Å². The number of alkyl halides is 3. The average molecular weight is 348 g/mol. The molecule has 1 fully saturated rings. The van der Waals surface area contributed by atoms with Crippen LogP contribution in [0, 0.1) is 5.41 Å². The van der Waals surface area contributed by atoms with Gasteiger partial charge in [-0.25, -0.2) is 0 Å². The third-order valence-corrected chi connectivity index (χ3v) is 4.86. The van der Waals surface area contributed by atoms with Crippen LogP contribution in [-0.4, -0.2) is 11.9 Å². The minimum Gasteiger partial charge on any atom is -0.349 e. The van der Waals surface area contributed by atoms with Crippen molar-refractivity contribution in [2.24, 2.45) is 5.41 Å². The van der Waals surface area contributed by atoms with Crippen LogP contribution in [-0.2, 0) is 6.18 Å². The van der Waals surface area contributed by atoms with Crippen molar-refractivity contribution in [1.29, 1.82) is 0 Å². The Morgan fingerprint density at radius 3 is 2.43 bits per heavy atom. The van der Waals surface area contributed by atoms with Crippen molar-refractivity contribution in [2.75, 3.05) is 0 Å². The number of carbonyl (C=O) groups excluding carboxylic acids is 1. The highest BCUT2D eigenvalue weighted by molar-refractivity contribution is 6.33. The van der Waals surface area contributed by atoms with Crippen molar-refractivity contribution < 1.29 is 18.0 Å². The lowest BCUT2D eigenvalue weighted by Gasteiger charge is -2.16. The Bertz CT molecular complexity index is 580. The zero-order chi connectivity index (χ0) is 17.3. The lowest BCUT2D eigenvalue weighted by molar-refractivity contribution is -0.137. The predicted octanol–water partition coefficient (Wildman–Crippen LogP) is 5.45. The molecule has 1 N–H and O–H groups in total. The zero-order valence-electron chi connectivity index (χ0n) is 13.3. The van der Waals surface area contributed by atoms with Crippen molar-refractivity contribution in [2.45, 2.75) is 58.2 Å². The molecule has 1 amide bonds. The van der Waals surface area contributed by atoms with Crippen LogP contribution >= 0.6 is 11.6 Å². The van der Waals surface area contributed by atoms with E-state index < -0.39 is 17.6 Å². The van der Waals surface area contributed by atoms with Gasteiger partial charge in [-0.15, -0.1) is 0 Å². The number of amides is 1. The Balaban J connectivity index is 2.13. The third kappa shape index (κ3) is 4.00. The first kappa shape index (κ1) is 18.1. The molecule has 0 saturated heterocycles. The molecular weight excluding hydrogens is 327 g/mol. The second-order valence-corrected chi connectivity index (χ2v) is 6.69. The fraction of sp³-hybridized carbons (Fsp3) is 0.588. The van der Waals surface area contributed by atoms with Crippen LogP contribution in [0.3, 0.4) is 0 Å². The summed E-state index contributed by atoms with van der Waals surface area (Å²) in [5, 5.41) is 2.89. The summed E-state index contributed by atoms with van der Waals surface area (Å²) in [6, 6.07) is 2.86. The summed E-state index contributed by atoms with van der Waals surface area (Å²) < 4.78 is 38.4. The third-order valence-electron chi connectivity index (χ3n) is 4.53. The van der Waals surface area contributed by atoms with Gasteiger partial charge in [0.2, 0.25) is 0 Å². The van der Waals surface area contributed by atoms with E-state index >= 15 is 0 Å². The molecule has 1 aromatic rings. The van der Waals surface area contributed by atoms with Gasteiger partial charge in [0.05, 0.1) is 16.1 Å². The van der Waals surface area contributed by atoms with E-state index in [2.05, 4.69) is 19.2 Å². The number of hydrogen-bond acceptors (Lipinski definition) is 1. The molecule has 23 heavy (non-hydrogen) atoms. The minimum atomic E-state index is -4.49. The first-order chi connectivity index (χ1) is 10.7. The largest absolute Gasteiger partial charge is 0.416 e. The van der Waals surface area contributed by atoms with Gasteiger partial charge in [-0.05, 0) is 42.9 Å². The molecule has 128 valence electrons. The standard InChI is InChI=1S/C17H21ClF3NO/c1-3-7-16(8-4-2)10-14(16)22-15(23)12-9-11(17(19,20)21)5-6-13(12)18/h5-6,9,14H,3-4,7-8,10H2,1-2H3,(H,22,23). The van der Waals surface area contributed by atoms with Crippen molar-refractivity contribution in [3.05, 3.63) is 34.3 Å². The molecule has 2 nitrogen and oxygen atoms in total. The molecule has 1 atom stereocenters. The minimum absolute atomic E-state index is 0.0282. The highest BCUT2D eigenvalue weighted by atomic mass is 35.5. The number of hydrogen-bond donors (Lipinski definition) is 1. The van der Waals surface area contributed by atoms with E-state index in [4.69, 9.17) is 11.6 Å². The number of carbonyl (C=O) groups is 1.